The molecule has 1 saturated carbocycles. The van der Waals surface area contributed by atoms with Gasteiger partial charge >= 0.3 is 0 Å². The number of hydrogen-bond acceptors (Lipinski definition) is 0. The first-order valence-electron chi connectivity index (χ1n) is 9.12. The SMILES string of the molecule is CC=CC1CCC(c2ccc(-c3ccc(CC)cc3)cc2)CC1. The van der Waals surface area contributed by atoms with Gasteiger partial charge in [-0.25, -0.2) is 0 Å². The van der Waals surface area contributed by atoms with E-state index in [-0.39, 0.29) is 0 Å². The van der Waals surface area contributed by atoms with Gasteiger partial charge in [0, 0.05) is 0 Å². The minimum atomic E-state index is 0.757. The van der Waals surface area contributed by atoms with E-state index in [0.717, 1.165) is 18.3 Å². The molecule has 2 aromatic carbocycles. The first kappa shape index (κ1) is 16.1. The van der Waals surface area contributed by atoms with Crippen molar-refractivity contribution in [1.29, 1.82) is 0 Å². The highest BCUT2D eigenvalue weighted by atomic mass is 14.3. The van der Waals surface area contributed by atoms with E-state index < -0.39 is 0 Å². The maximum atomic E-state index is 2.39. The lowest BCUT2D eigenvalue weighted by molar-refractivity contribution is 0.376. The van der Waals surface area contributed by atoms with Gasteiger partial charge in [-0.3, -0.25) is 0 Å². The molecule has 120 valence electrons. The van der Waals surface area contributed by atoms with Gasteiger partial charge in [0.1, 0.15) is 0 Å². The van der Waals surface area contributed by atoms with Crippen LogP contribution in [0.2, 0.25) is 0 Å². The normalized spacial score (nSPS) is 21.7. The fraction of sp³-hybridized carbons (Fsp3) is 0.391. The van der Waals surface area contributed by atoms with Crippen LogP contribution < -0.4 is 0 Å². The molecule has 0 amide bonds. The molecule has 23 heavy (non-hydrogen) atoms. The monoisotopic (exact) mass is 304 g/mol. The summed E-state index contributed by atoms with van der Waals surface area (Å²) >= 11 is 0. The summed E-state index contributed by atoms with van der Waals surface area (Å²) in [6.45, 7) is 4.34. The van der Waals surface area contributed by atoms with Crippen molar-refractivity contribution in [3.05, 3.63) is 71.8 Å². The molecule has 0 saturated heterocycles. The highest BCUT2D eigenvalue weighted by Gasteiger charge is 2.20. The van der Waals surface area contributed by atoms with Crippen molar-refractivity contribution in [1.82, 2.24) is 0 Å². The van der Waals surface area contributed by atoms with Crippen LogP contribution in [0, 0.1) is 5.92 Å². The molecule has 1 aliphatic carbocycles. The molecule has 0 aliphatic heterocycles. The summed E-state index contributed by atoms with van der Waals surface area (Å²) in [5.41, 5.74) is 5.59. The van der Waals surface area contributed by atoms with Crippen LogP contribution in [0.4, 0.5) is 0 Å². The van der Waals surface area contributed by atoms with Crippen LogP contribution >= 0.6 is 0 Å². The largest absolute Gasteiger partial charge is 0.0914 e. The van der Waals surface area contributed by atoms with Gasteiger partial charge in [0.2, 0.25) is 0 Å². The maximum absolute atomic E-state index is 2.39. The zero-order valence-electron chi connectivity index (χ0n) is 14.5. The van der Waals surface area contributed by atoms with Gasteiger partial charge in [0.15, 0.2) is 0 Å². The number of aryl methyl sites for hydroxylation is 1. The fourth-order valence-electron chi connectivity index (χ4n) is 3.80. The molecule has 0 spiro atoms. The maximum Gasteiger partial charge on any atom is -0.0162 e. The van der Waals surface area contributed by atoms with E-state index in [2.05, 4.69) is 74.5 Å². The molecular formula is C23H28. The van der Waals surface area contributed by atoms with Gasteiger partial charge in [-0.05, 0) is 73.1 Å². The number of allylic oxidation sites excluding steroid dienone is 2. The first-order valence-corrected chi connectivity index (χ1v) is 9.12. The Morgan fingerprint density at radius 2 is 1.39 bits per heavy atom. The molecule has 0 N–H and O–H groups in total. The summed E-state index contributed by atoms with van der Waals surface area (Å²) in [7, 11) is 0. The molecule has 0 bridgehead atoms. The standard InChI is InChI=1S/C23H28/c1-3-5-19-8-12-21(13-9-19)23-16-14-22(15-17-23)20-10-6-18(4-2)7-11-20/h3,5-7,10-11,14-17,19,21H,4,8-9,12-13H2,1-2H3. The van der Waals surface area contributed by atoms with Crippen molar-refractivity contribution in [2.75, 3.05) is 0 Å². The molecule has 0 unspecified atom stereocenters. The predicted octanol–water partition coefficient (Wildman–Crippen LogP) is 6.77. The van der Waals surface area contributed by atoms with Gasteiger partial charge in [0.25, 0.3) is 0 Å². The van der Waals surface area contributed by atoms with E-state index in [1.807, 2.05) is 0 Å². The molecule has 0 radical (unpaired) electrons. The Labute approximate surface area is 141 Å². The average Bonchev–Trinajstić information content (AvgIpc) is 2.63. The molecule has 0 heteroatoms. The first-order chi connectivity index (χ1) is 11.3. The molecule has 1 fully saturated rings. The highest BCUT2D eigenvalue weighted by molar-refractivity contribution is 5.64. The van der Waals surface area contributed by atoms with Crippen LogP contribution in [0.5, 0.6) is 0 Å². The van der Waals surface area contributed by atoms with Gasteiger partial charge in [-0.1, -0.05) is 67.6 Å². The fourth-order valence-corrected chi connectivity index (χ4v) is 3.80. The minimum absolute atomic E-state index is 0.757. The molecule has 0 nitrogen and oxygen atoms in total. The molecule has 0 heterocycles. The Hall–Kier alpha value is -1.82. The van der Waals surface area contributed by atoms with Crippen molar-refractivity contribution < 1.29 is 0 Å². The van der Waals surface area contributed by atoms with E-state index in [4.69, 9.17) is 0 Å². The van der Waals surface area contributed by atoms with Crippen molar-refractivity contribution in [2.24, 2.45) is 5.92 Å². The summed E-state index contributed by atoms with van der Waals surface area (Å²) in [4.78, 5) is 0. The van der Waals surface area contributed by atoms with Crippen molar-refractivity contribution in [2.45, 2.75) is 51.9 Å². The molecular weight excluding hydrogens is 276 g/mol. The van der Waals surface area contributed by atoms with Crippen LogP contribution in [-0.4, -0.2) is 0 Å². The van der Waals surface area contributed by atoms with Crippen molar-refractivity contribution >= 4 is 0 Å². The van der Waals surface area contributed by atoms with E-state index in [9.17, 15) is 0 Å². The topological polar surface area (TPSA) is 0 Å². The Morgan fingerprint density at radius 3 is 1.91 bits per heavy atom. The summed E-state index contributed by atoms with van der Waals surface area (Å²) in [5, 5.41) is 0. The average molecular weight is 304 g/mol. The number of benzene rings is 2. The van der Waals surface area contributed by atoms with E-state index in [0.29, 0.717) is 0 Å². The zero-order valence-corrected chi connectivity index (χ0v) is 14.5. The molecule has 1 aliphatic rings. The second-order valence-corrected chi connectivity index (χ2v) is 6.81. The summed E-state index contributed by atoms with van der Waals surface area (Å²) < 4.78 is 0. The third kappa shape index (κ3) is 3.93. The minimum Gasteiger partial charge on any atom is -0.0914 e. The van der Waals surface area contributed by atoms with Crippen LogP contribution in [-0.2, 0) is 6.42 Å². The summed E-state index contributed by atoms with van der Waals surface area (Å²) in [6.07, 6.45) is 11.1. The molecule has 3 rings (SSSR count). The predicted molar refractivity (Wildman–Crippen MR) is 101 cm³/mol. The molecule has 0 aromatic heterocycles. The second kappa shape index (κ2) is 7.64. The Balaban J connectivity index is 1.67. The lowest BCUT2D eigenvalue weighted by atomic mass is 9.78. The van der Waals surface area contributed by atoms with Crippen molar-refractivity contribution in [3.8, 4) is 11.1 Å². The third-order valence-electron chi connectivity index (χ3n) is 5.31. The second-order valence-electron chi connectivity index (χ2n) is 6.81. The van der Waals surface area contributed by atoms with Crippen LogP contribution in [0.1, 0.15) is 56.6 Å². The lowest BCUT2D eigenvalue weighted by Gasteiger charge is -2.27. The van der Waals surface area contributed by atoms with Crippen LogP contribution in [0.25, 0.3) is 11.1 Å². The van der Waals surface area contributed by atoms with Gasteiger partial charge in [0.05, 0.1) is 0 Å². The van der Waals surface area contributed by atoms with Gasteiger partial charge in [-0.15, -0.1) is 0 Å². The van der Waals surface area contributed by atoms with Crippen molar-refractivity contribution in [3.63, 3.8) is 0 Å². The van der Waals surface area contributed by atoms with Crippen LogP contribution in [0.15, 0.2) is 60.7 Å². The lowest BCUT2D eigenvalue weighted by Crippen LogP contribution is -2.11. The zero-order chi connectivity index (χ0) is 16.1. The van der Waals surface area contributed by atoms with Gasteiger partial charge < -0.3 is 0 Å². The Kier molecular flexibility index (Phi) is 5.33. The van der Waals surface area contributed by atoms with E-state index in [1.54, 1.807) is 0 Å². The third-order valence-corrected chi connectivity index (χ3v) is 5.31. The Morgan fingerprint density at radius 1 is 0.826 bits per heavy atom. The summed E-state index contributed by atoms with van der Waals surface area (Å²) in [5.74, 6) is 1.57. The van der Waals surface area contributed by atoms with Gasteiger partial charge in [-0.2, -0.15) is 0 Å². The smallest absolute Gasteiger partial charge is 0.0162 e. The highest BCUT2D eigenvalue weighted by Crippen LogP contribution is 2.36. The number of rotatable bonds is 4. The van der Waals surface area contributed by atoms with E-state index in [1.165, 1.54) is 47.9 Å². The van der Waals surface area contributed by atoms with E-state index >= 15 is 0 Å². The quantitative estimate of drug-likeness (QED) is 0.547. The van der Waals surface area contributed by atoms with Crippen LogP contribution in [0.3, 0.4) is 0 Å². The summed E-state index contributed by atoms with van der Waals surface area (Å²) in [6, 6.07) is 18.3. The molecule has 2 aromatic rings. The molecule has 0 atom stereocenters. The number of hydrogen-bond donors (Lipinski definition) is 0. The Bertz CT molecular complexity index is 623.